The summed E-state index contributed by atoms with van der Waals surface area (Å²) in [5.74, 6) is -0.133. The zero-order valence-electron chi connectivity index (χ0n) is 9.42. The van der Waals surface area contributed by atoms with Gasteiger partial charge in [-0.3, -0.25) is 4.79 Å². The van der Waals surface area contributed by atoms with Crippen LogP contribution >= 0.6 is 11.3 Å². The average molecular weight is 247 g/mol. The molecule has 2 aromatic rings. The Morgan fingerprint density at radius 1 is 1.24 bits per heavy atom. The number of benzene rings is 1. The fourth-order valence-electron chi connectivity index (χ4n) is 1.48. The third-order valence-corrected chi connectivity index (χ3v) is 3.25. The van der Waals surface area contributed by atoms with E-state index in [2.05, 4.69) is 5.32 Å². The third-order valence-electron chi connectivity index (χ3n) is 2.34. The molecule has 1 atom stereocenters. The standard InChI is InChI=1S/C13H13NO2S/c1-16-13(11-8-5-9-17-11)14-12(15)10-6-3-2-4-7-10/h2-9,13H,1H3,(H,14,15). The lowest BCUT2D eigenvalue weighted by atomic mass is 10.2. The van der Waals surface area contributed by atoms with Crippen LogP contribution in [0.15, 0.2) is 47.8 Å². The van der Waals surface area contributed by atoms with Crippen molar-refractivity contribution in [2.24, 2.45) is 0 Å². The molecule has 1 aromatic heterocycles. The minimum atomic E-state index is -0.386. The maximum absolute atomic E-state index is 11.9. The molecule has 0 radical (unpaired) electrons. The number of rotatable bonds is 4. The number of hydrogen-bond acceptors (Lipinski definition) is 3. The van der Waals surface area contributed by atoms with E-state index in [1.54, 1.807) is 30.6 Å². The molecular weight excluding hydrogens is 234 g/mol. The molecule has 4 heteroatoms. The van der Waals surface area contributed by atoms with Gasteiger partial charge in [-0.05, 0) is 23.6 Å². The van der Waals surface area contributed by atoms with Gasteiger partial charge in [0.05, 0.1) is 4.88 Å². The topological polar surface area (TPSA) is 38.3 Å². The van der Waals surface area contributed by atoms with Crippen LogP contribution in [0.5, 0.6) is 0 Å². The van der Waals surface area contributed by atoms with Gasteiger partial charge in [0.1, 0.15) is 0 Å². The molecule has 1 N–H and O–H groups in total. The Morgan fingerprint density at radius 3 is 2.59 bits per heavy atom. The van der Waals surface area contributed by atoms with E-state index in [1.165, 1.54) is 0 Å². The van der Waals surface area contributed by atoms with Crippen molar-refractivity contribution in [3.63, 3.8) is 0 Å². The molecule has 1 unspecified atom stereocenters. The Morgan fingerprint density at radius 2 is 2.00 bits per heavy atom. The second-order valence-corrected chi connectivity index (χ2v) is 4.45. The molecule has 1 amide bonds. The van der Waals surface area contributed by atoms with Gasteiger partial charge in [-0.25, -0.2) is 0 Å². The predicted molar refractivity (Wildman–Crippen MR) is 68.0 cm³/mol. The Balaban J connectivity index is 2.08. The minimum absolute atomic E-state index is 0.133. The molecule has 1 heterocycles. The molecule has 0 saturated heterocycles. The van der Waals surface area contributed by atoms with E-state index in [0.29, 0.717) is 5.56 Å². The van der Waals surface area contributed by atoms with Gasteiger partial charge in [-0.1, -0.05) is 24.3 Å². The second kappa shape index (κ2) is 5.61. The van der Waals surface area contributed by atoms with Crippen molar-refractivity contribution in [2.75, 3.05) is 7.11 Å². The first kappa shape index (κ1) is 11.8. The molecule has 0 aliphatic carbocycles. The number of carbonyl (C=O) groups is 1. The van der Waals surface area contributed by atoms with Gasteiger partial charge in [0, 0.05) is 12.7 Å². The Bertz CT molecular complexity index is 467. The number of thiophene rings is 1. The highest BCUT2D eigenvalue weighted by Crippen LogP contribution is 2.19. The van der Waals surface area contributed by atoms with E-state index in [0.717, 1.165) is 4.88 Å². The van der Waals surface area contributed by atoms with E-state index in [-0.39, 0.29) is 12.1 Å². The van der Waals surface area contributed by atoms with Crippen LogP contribution < -0.4 is 5.32 Å². The molecular formula is C13H13NO2S. The van der Waals surface area contributed by atoms with Crippen molar-refractivity contribution < 1.29 is 9.53 Å². The zero-order valence-corrected chi connectivity index (χ0v) is 10.2. The van der Waals surface area contributed by atoms with Crippen molar-refractivity contribution in [1.29, 1.82) is 0 Å². The summed E-state index contributed by atoms with van der Waals surface area (Å²) >= 11 is 1.55. The maximum atomic E-state index is 11.9. The first-order valence-corrected chi connectivity index (χ1v) is 6.11. The first-order valence-electron chi connectivity index (χ1n) is 5.23. The summed E-state index contributed by atoms with van der Waals surface area (Å²) in [4.78, 5) is 12.9. The molecule has 3 nitrogen and oxygen atoms in total. The van der Waals surface area contributed by atoms with E-state index in [9.17, 15) is 4.79 Å². The second-order valence-electron chi connectivity index (χ2n) is 3.47. The lowest BCUT2D eigenvalue weighted by Gasteiger charge is -2.15. The zero-order chi connectivity index (χ0) is 12.1. The van der Waals surface area contributed by atoms with Crippen LogP contribution in [0.1, 0.15) is 21.5 Å². The smallest absolute Gasteiger partial charge is 0.253 e. The fraction of sp³-hybridized carbons (Fsp3) is 0.154. The predicted octanol–water partition coefficient (Wildman–Crippen LogP) is 2.82. The summed E-state index contributed by atoms with van der Waals surface area (Å²) in [7, 11) is 1.58. The number of nitrogens with one attached hydrogen (secondary N) is 1. The molecule has 2 rings (SSSR count). The summed E-state index contributed by atoms with van der Waals surface area (Å²) in [5.41, 5.74) is 0.631. The number of hydrogen-bond donors (Lipinski definition) is 1. The first-order chi connectivity index (χ1) is 8.31. The number of ether oxygens (including phenoxy) is 1. The maximum Gasteiger partial charge on any atom is 0.253 e. The van der Waals surface area contributed by atoms with Gasteiger partial charge >= 0.3 is 0 Å². The van der Waals surface area contributed by atoms with Crippen molar-refractivity contribution in [1.82, 2.24) is 5.32 Å². The van der Waals surface area contributed by atoms with Gasteiger partial charge in [0.25, 0.3) is 5.91 Å². The monoisotopic (exact) mass is 247 g/mol. The van der Waals surface area contributed by atoms with E-state index in [1.807, 2.05) is 35.7 Å². The summed E-state index contributed by atoms with van der Waals surface area (Å²) < 4.78 is 5.27. The molecule has 0 bridgehead atoms. The highest BCUT2D eigenvalue weighted by atomic mass is 32.1. The average Bonchev–Trinajstić information content (AvgIpc) is 2.90. The Kier molecular flexibility index (Phi) is 3.90. The fourth-order valence-corrected chi connectivity index (χ4v) is 2.23. The highest BCUT2D eigenvalue weighted by molar-refractivity contribution is 7.10. The molecule has 0 spiro atoms. The summed E-state index contributed by atoms with van der Waals surface area (Å²) in [6.07, 6.45) is -0.386. The van der Waals surface area contributed by atoms with Gasteiger partial charge < -0.3 is 10.1 Å². The number of methoxy groups -OCH3 is 1. The number of amides is 1. The van der Waals surface area contributed by atoms with Crippen molar-refractivity contribution in [3.05, 3.63) is 58.3 Å². The van der Waals surface area contributed by atoms with Crippen molar-refractivity contribution in [2.45, 2.75) is 6.23 Å². The van der Waals surface area contributed by atoms with E-state index < -0.39 is 0 Å². The van der Waals surface area contributed by atoms with Gasteiger partial charge in [0.15, 0.2) is 6.23 Å². The van der Waals surface area contributed by atoms with Gasteiger partial charge in [-0.2, -0.15) is 0 Å². The summed E-state index contributed by atoms with van der Waals surface area (Å²) in [6, 6.07) is 13.0. The van der Waals surface area contributed by atoms with Crippen LogP contribution in [0.25, 0.3) is 0 Å². The normalized spacial score (nSPS) is 12.1. The van der Waals surface area contributed by atoms with Crippen LogP contribution in [0, 0.1) is 0 Å². The van der Waals surface area contributed by atoms with Crippen LogP contribution in [0.2, 0.25) is 0 Å². The molecule has 17 heavy (non-hydrogen) atoms. The molecule has 0 aliphatic rings. The number of carbonyl (C=O) groups excluding carboxylic acids is 1. The van der Waals surface area contributed by atoms with E-state index >= 15 is 0 Å². The molecule has 0 fully saturated rings. The lowest BCUT2D eigenvalue weighted by molar-refractivity contribution is 0.0591. The molecule has 88 valence electrons. The van der Waals surface area contributed by atoms with Crippen molar-refractivity contribution >= 4 is 17.2 Å². The largest absolute Gasteiger partial charge is 0.357 e. The van der Waals surface area contributed by atoms with Crippen LogP contribution in [0.4, 0.5) is 0 Å². The summed E-state index contributed by atoms with van der Waals surface area (Å²) in [6.45, 7) is 0. The summed E-state index contributed by atoms with van der Waals surface area (Å²) in [5, 5.41) is 4.79. The molecule has 1 aromatic carbocycles. The highest BCUT2D eigenvalue weighted by Gasteiger charge is 2.15. The lowest BCUT2D eigenvalue weighted by Crippen LogP contribution is -2.29. The third kappa shape index (κ3) is 2.93. The minimum Gasteiger partial charge on any atom is -0.357 e. The van der Waals surface area contributed by atoms with Crippen LogP contribution in [0.3, 0.4) is 0 Å². The Hall–Kier alpha value is -1.65. The quantitative estimate of drug-likeness (QED) is 0.844. The van der Waals surface area contributed by atoms with E-state index in [4.69, 9.17) is 4.74 Å². The SMILES string of the molecule is COC(NC(=O)c1ccccc1)c1cccs1. The molecule has 0 saturated carbocycles. The molecule has 0 aliphatic heterocycles. The Labute approximate surface area is 104 Å². The van der Waals surface area contributed by atoms with Gasteiger partial charge in [-0.15, -0.1) is 11.3 Å². The van der Waals surface area contributed by atoms with Crippen LogP contribution in [-0.2, 0) is 4.74 Å². The van der Waals surface area contributed by atoms with Crippen LogP contribution in [-0.4, -0.2) is 13.0 Å². The van der Waals surface area contributed by atoms with Crippen molar-refractivity contribution in [3.8, 4) is 0 Å². The van der Waals surface area contributed by atoms with Gasteiger partial charge in [0.2, 0.25) is 0 Å².